The summed E-state index contributed by atoms with van der Waals surface area (Å²) in [6.45, 7) is 4.12. The minimum atomic E-state index is -0.383. The van der Waals surface area contributed by atoms with Gasteiger partial charge >= 0.3 is 5.97 Å². The minimum absolute atomic E-state index is 0.1000. The van der Waals surface area contributed by atoms with E-state index in [2.05, 4.69) is 15.0 Å². The molecule has 0 aliphatic carbocycles. The van der Waals surface area contributed by atoms with Gasteiger partial charge in [-0.25, -0.2) is 4.98 Å². The van der Waals surface area contributed by atoms with Gasteiger partial charge in [-0.2, -0.15) is 0 Å². The molecule has 0 bridgehead atoms. The lowest BCUT2D eigenvalue weighted by molar-refractivity contribution is -0.142. The number of rotatable bonds is 6. The van der Waals surface area contributed by atoms with E-state index in [9.17, 15) is 9.59 Å². The van der Waals surface area contributed by atoms with E-state index in [0.717, 1.165) is 11.5 Å². The van der Waals surface area contributed by atoms with Crippen LogP contribution in [0.5, 0.6) is 0 Å². The fourth-order valence-electron chi connectivity index (χ4n) is 1.53. The lowest BCUT2D eigenvalue weighted by Crippen LogP contribution is -2.26. The van der Waals surface area contributed by atoms with Gasteiger partial charge in [-0.15, -0.1) is 0 Å². The Bertz CT molecular complexity index is 426. The second kappa shape index (κ2) is 6.78. The largest absolute Gasteiger partial charge is 0.469 e. The van der Waals surface area contributed by atoms with E-state index in [1.54, 1.807) is 6.92 Å². The Hall–Kier alpha value is -1.85. The molecule has 1 aromatic heterocycles. The number of carbonyl (C=O) groups excluding carboxylic acids is 2. The van der Waals surface area contributed by atoms with Crippen LogP contribution in [0, 0.1) is 13.8 Å². The lowest BCUT2D eigenvalue weighted by atomic mass is 10.2. The smallest absolute Gasteiger partial charge is 0.306 e. The number of nitrogens with one attached hydrogen (secondary N) is 1. The fourth-order valence-corrected chi connectivity index (χ4v) is 1.53. The van der Waals surface area contributed by atoms with Crippen LogP contribution in [0.4, 0.5) is 0 Å². The summed E-state index contributed by atoms with van der Waals surface area (Å²) in [5.74, 6) is 0.849. The van der Waals surface area contributed by atoms with Gasteiger partial charge in [-0.3, -0.25) is 9.59 Å². The van der Waals surface area contributed by atoms with Gasteiger partial charge in [0.2, 0.25) is 5.91 Å². The first-order chi connectivity index (χ1) is 8.52. The molecular formula is C12H18N2O4. The quantitative estimate of drug-likeness (QED) is 0.763. The van der Waals surface area contributed by atoms with Gasteiger partial charge in [0, 0.05) is 26.3 Å². The third-order valence-corrected chi connectivity index (χ3v) is 2.46. The molecule has 0 spiro atoms. The highest BCUT2D eigenvalue weighted by Crippen LogP contribution is 2.09. The molecule has 0 aromatic carbocycles. The van der Waals surface area contributed by atoms with Crippen molar-refractivity contribution in [2.75, 3.05) is 13.7 Å². The average molecular weight is 254 g/mol. The number of oxazole rings is 1. The average Bonchev–Trinajstić information content (AvgIpc) is 2.65. The summed E-state index contributed by atoms with van der Waals surface area (Å²) in [5, 5.41) is 2.71. The number of esters is 1. The molecule has 1 N–H and O–H groups in total. The molecule has 0 unspecified atom stereocenters. The number of ether oxygens (including phenoxy) is 1. The van der Waals surface area contributed by atoms with Gasteiger partial charge in [0.25, 0.3) is 0 Å². The number of nitrogens with zero attached hydrogens (tertiary/aromatic N) is 1. The highest BCUT2D eigenvalue weighted by molar-refractivity contribution is 5.81. The van der Waals surface area contributed by atoms with Gasteiger partial charge in [0.05, 0.1) is 19.2 Å². The van der Waals surface area contributed by atoms with E-state index >= 15 is 0 Å². The first-order valence-electron chi connectivity index (χ1n) is 5.79. The van der Waals surface area contributed by atoms with E-state index in [-0.39, 0.29) is 24.7 Å². The third-order valence-electron chi connectivity index (χ3n) is 2.46. The van der Waals surface area contributed by atoms with E-state index in [1.165, 1.54) is 7.11 Å². The molecule has 0 radical (unpaired) electrons. The second-order valence-electron chi connectivity index (χ2n) is 3.92. The molecule has 100 valence electrons. The van der Waals surface area contributed by atoms with Crippen LogP contribution < -0.4 is 5.32 Å². The van der Waals surface area contributed by atoms with Crippen LogP contribution in [0.25, 0.3) is 0 Å². The molecule has 1 heterocycles. The van der Waals surface area contributed by atoms with Crippen LogP contribution >= 0.6 is 0 Å². The molecule has 0 aliphatic heterocycles. The molecule has 6 nitrogen and oxygen atoms in total. The molecule has 1 aromatic rings. The minimum Gasteiger partial charge on any atom is -0.469 e. The van der Waals surface area contributed by atoms with Crippen LogP contribution in [-0.4, -0.2) is 30.5 Å². The first kappa shape index (κ1) is 14.2. The summed E-state index contributed by atoms with van der Waals surface area (Å²) in [7, 11) is 1.30. The first-order valence-corrected chi connectivity index (χ1v) is 5.79. The van der Waals surface area contributed by atoms with Crippen molar-refractivity contribution < 1.29 is 18.7 Å². The Kier molecular flexibility index (Phi) is 5.35. The zero-order valence-electron chi connectivity index (χ0n) is 10.9. The van der Waals surface area contributed by atoms with Crippen LogP contribution in [-0.2, 0) is 20.7 Å². The summed E-state index contributed by atoms with van der Waals surface area (Å²) < 4.78 is 9.83. The van der Waals surface area contributed by atoms with Crippen molar-refractivity contribution in [3.8, 4) is 0 Å². The van der Waals surface area contributed by atoms with Crippen molar-refractivity contribution in [3.05, 3.63) is 17.3 Å². The summed E-state index contributed by atoms with van der Waals surface area (Å²) in [4.78, 5) is 26.4. The number of carbonyl (C=O) groups is 2. The maximum Gasteiger partial charge on any atom is 0.306 e. The lowest BCUT2D eigenvalue weighted by Gasteiger charge is -2.03. The molecule has 6 heteroatoms. The summed E-state index contributed by atoms with van der Waals surface area (Å²) in [5.41, 5.74) is 0.844. The van der Waals surface area contributed by atoms with E-state index in [1.807, 2.05) is 6.92 Å². The van der Waals surface area contributed by atoms with E-state index < -0.39 is 0 Å². The maximum absolute atomic E-state index is 11.4. The molecule has 0 atom stereocenters. The molecule has 1 amide bonds. The van der Waals surface area contributed by atoms with Crippen molar-refractivity contribution in [2.45, 2.75) is 33.1 Å². The highest BCUT2D eigenvalue weighted by Gasteiger charge is 2.09. The fraction of sp³-hybridized carbons (Fsp3) is 0.583. The van der Waals surface area contributed by atoms with E-state index in [4.69, 9.17) is 4.42 Å². The molecular weight excluding hydrogens is 236 g/mol. The number of amides is 1. The SMILES string of the molecule is COC(=O)CCC(=O)NCCc1oc(C)nc1C. The summed E-state index contributed by atoms with van der Waals surface area (Å²) in [6, 6.07) is 0. The predicted octanol–water partition coefficient (Wildman–Crippen LogP) is 0.903. The van der Waals surface area contributed by atoms with Crippen molar-refractivity contribution in [3.63, 3.8) is 0 Å². The molecule has 0 saturated carbocycles. The summed E-state index contributed by atoms with van der Waals surface area (Å²) in [6.07, 6.45) is 0.834. The molecule has 0 saturated heterocycles. The van der Waals surface area contributed by atoms with E-state index in [0.29, 0.717) is 18.9 Å². The molecule has 1 rings (SSSR count). The summed E-state index contributed by atoms with van der Waals surface area (Å²) >= 11 is 0. The van der Waals surface area contributed by atoms with Gasteiger partial charge < -0.3 is 14.5 Å². The normalized spacial score (nSPS) is 10.2. The number of methoxy groups -OCH3 is 1. The van der Waals surface area contributed by atoms with Crippen LogP contribution in [0.3, 0.4) is 0 Å². The molecule has 0 fully saturated rings. The Morgan fingerprint density at radius 3 is 2.61 bits per heavy atom. The third kappa shape index (κ3) is 4.57. The zero-order chi connectivity index (χ0) is 13.5. The van der Waals surface area contributed by atoms with Crippen molar-refractivity contribution in [2.24, 2.45) is 0 Å². The number of aromatic nitrogens is 1. The predicted molar refractivity (Wildman–Crippen MR) is 63.9 cm³/mol. The van der Waals surface area contributed by atoms with Gasteiger partial charge in [-0.1, -0.05) is 0 Å². The maximum atomic E-state index is 11.4. The molecule has 18 heavy (non-hydrogen) atoms. The number of hydrogen-bond donors (Lipinski definition) is 1. The Morgan fingerprint density at radius 1 is 1.33 bits per heavy atom. The topological polar surface area (TPSA) is 81.4 Å². The Balaban J connectivity index is 2.23. The van der Waals surface area contributed by atoms with Gasteiger partial charge in [0.15, 0.2) is 5.89 Å². The highest BCUT2D eigenvalue weighted by atomic mass is 16.5. The van der Waals surface area contributed by atoms with Crippen molar-refractivity contribution in [1.82, 2.24) is 10.3 Å². The number of aryl methyl sites for hydroxylation is 2. The zero-order valence-corrected chi connectivity index (χ0v) is 10.9. The van der Waals surface area contributed by atoms with Gasteiger partial charge in [-0.05, 0) is 6.92 Å². The van der Waals surface area contributed by atoms with Crippen LogP contribution in [0.15, 0.2) is 4.42 Å². The Labute approximate surface area is 106 Å². The standard InChI is InChI=1S/C12H18N2O4/c1-8-10(18-9(2)14-8)6-7-13-11(15)4-5-12(16)17-3/h4-7H2,1-3H3,(H,13,15). The van der Waals surface area contributed by atoms with Crippen molar-refractivity contribution in [1.29, 1.82) is 0 Å². The van der Waals surface area contributed by atoms with Crippen molar-refractivity contribution >= 4 is 11.9 Å². The van der Waals surface area contributed by atoms with Gasteiger partial charge in [0.1, 0.15) is 5.76 Å². The molecule has 0 aliphatic rings. The Morgan fingerprint density at radius 2 is 2.06 bits per heavy atom. The second-order valence-corrected chi connectivity index (χ2v) is 3.92. The van der Waals surface area contributed by atoms with Crippen LogP contribution in [0.2, 0.25) is 0 Å². The number of hydrogen-bond acceptors (Lipinski definition) is 5. The van der Waals surface area contributed by atoms with Crippen LogP contribution in [0.1, 0.15) is 30.2 Å². The monoisotopic (exact) mass is 254 g/mol.